The van der Waals surface area contributed by atoms with Crippen LogP contribution in [0, 0.1) is 11.8 Å². The summed E-state index contributed by atoms with van der Waals surface area (Å²) in [4.78, 5) is 11.3. The Labute approximate surface area is 126 Å². The Hall–Kier alpha value is -1.39. The molecule has 1 saturated carbocycles. The minimum absolute atomic E-state index is 0.310. The van der Waals surface area contributed by atoms with Crippen LogP contribution in [0.2, 0.25) is 0 Å². The highest BCUT2D eigenvalue weighted by molar-refractivity contribution is 5.89. The summed E-state index contributed by atoms with van der Waals surface area (Å²) in [5.41, 5.74) is 7.47. The first kappa shape index (κ1) is 16.0. The molecule has 0 radical (unpaired) electrons. The average Bonchev–Trinajstić information content (AvgIpc) is 2.55. The Balaban J connectivity index is 1.79. The van der Waals surface area contributed by atoms with Gasteiger partial charge in [0.1, 0.15) is 0 Å². The number of carbonyl (C=O) groups is 1. The first-order chi connectivity index (χ1) is 10.2. The number of hydrogen-bond donors (Lipinski definition) is 1. The molecule has 2 N–H and O–H groups in total. The van der Waals surface area contributed by atoms with E-state index in [4.69, 9.17) is 10.5 Å². The third kappa shape index (κ3) is 4.55. The van der Waals surface area contributed by atoms with Gasteiger partial charge in [0.15, 0.2) is 0 Å². The van der Waals surface area contributed by atoms with Gasteiger partial charge in [-0.25, -0.2) is 4.79 Å². The molecular weight excluding hydrogens is 266 g/mol. The van der Waals surface area contributed by atoms with Gasteiger partial charge in [-0.05, 0) is 48.9 Å². The van der Waals surface area contributed by atoms with Crippen molar-refractivity contribution in [2.24, 2.45) is 17.6 Å². The third-order valence-corrected chi connectivity index (χ3v) is 4.34. The molecule has 2 unspecified atom stereocenters. The van der Waals surface area contributed by atoms with Gasteiger partial charge in [-0.1, -0.05) is 25.0 Å². The predicted molar refractivity (Wildman–Crippen MR) is 81.9 cm³/mol. The molecule has 1 aliphatic rings. The minimum Gasteiger partial charge on any atom is -0.465 e. The summed E-state index contributed by atoms with van der Waals surface area (Å²) in [6.45, 7) is 2.12. The molecule has 21 heavy (non-hydrogen) atoms. The number of carbonyl (C=O) groups excluding carboxylic acids is 1. The van der Waals surface area contributed by atoms with Crippen LogP contribution in [0.15, 0.2) is 24.3 Å². The summed E-state index contributed by atoms with van der Waals surface area (Å²) in [5, 5.41) is 0. The van der Waals surface area contributed by atoms with Gasteiger partial charge < -0.3 is 15.2 Å². The summed E-state index contributed by atoms with van der Waals surface area (Å²) >= 11 is 0. The van der Waals surface area contributed by atoms with Crippen molar-refractivity contribution in [3.63, 3.8) is 0 Å². The fraction of sp³-hybridized carbons (Fsp3) is 0.588. The SMILES string of the molecule is COC(=O)c1ccc(COCC2CCCCC2CN)cc1. The van der Waals surface area contributed by atoms with Crippen molar-refractivity contribution in [3.05, 3.63) is 35.4 Å². The van der Waals surface area contributed by atoms with E-state index in [2.05, 4.69) is 4.74 Å². The van der Waals surface area contributed by atoms with Gasteiger partial charge in [0.05, 0.1) is 25.9 Å². The monoisotopic (exact) mass is 291 g/mol. The van der Waals surface area contributed by atoms with Crippen molar-refractivity contribution < 1.29 is 14.3 Å². The second-order valence-corrected chi connectivity index (χ2v) is 5.74. The van der Waals surface area contributed by atoms with Crippen LogP contribution in [-0.4, -0.2) is 26.2 Å². The third-order valence-electron chi connectivity index (χ3n) is 4.34. The number of nitrogens with two attached hydrogens (primary N) is 1. The summed E-state index contributed by atoms with van der Waals surface area (Å²) < 4.78 is 10.5. The zero-order valence-corrected chi connectivity index (χ0v) is 12.7. The normalized spacial score (nSPS) is 22.0. The first-order valence-electron chi connectivity index (χ1n) is 7.69. The molecule has 4 nitrogen and oxygen atoms in total. The molecule has 1 aliphatic carbocycles. The van der Waals surface area contributed by atoms with Crippen LogP contribution >= 0.6 is 0 Å². The highest BCUT2D eigenvalue weighted by Gasteiger charge is 2.23. The van der Waals surface area contributed by atoms with E-state index in [0.29, 0.717) is 24.0 Å². The molecule has 0 saturated heterocycles. The van der Waals surface area contributed by atoms with E-state index in [-0.39, 0.29) is 5.97 Å². The number of benzene rings is 1. The summed E-state index contributed by atoms with van der Waals surface area (Å²) in [6.07, 6.45) is 5.05. The lowest BCUT2D eigenvalue weighted by Gasteiger charge is -2.30. The van der Waals surface area contributed by atoms with Crippen molar-refractivity contribution in [3.8, 4) is 0 Å². The lowest BCUT2D eigenvalue weighted by atomic mass is 9.80. The Morgan fingerprint density at radius 2 is 1.86 bits per heavy atom. The van der Waals surface area contributed by atoms with E-state index in [0.717, 1.165) is 18.7 Å². The van der Waals surface area contributed by atoms with Crippen LogP contribution in [0.5, 0.6) is 0 Å². The Morgan fingerprint density at radius 3 is 2.48 bits per heavy atom. The maximum atomic E-state index is 11.3. The van der Waals surface area contributed by atoms with E-state index in [1.54, 1.807) is 12.1 Å². The maximum Gasteiger partial charge on any atom is 0.337 e. The Morgan fingerprint density at radius 1 is 1.19 bits per heavy atom. The molecule has 116 valence electrons. The average molecular weight is 291 g/mol. The smallest absolute Gasteiger partial charge is 0.337 e. The molecule has 0 heterocycles. The molecule has 0 aromatic heterocycles. The van der Waals surface area contributed by atoms with Crippen molar-refractivity contribution in [1.82, 2.24) is 0 Å². The van der Waals surface area contributed by atoms with E-state index >= 15 is 0 Å². The molecule has 0 spiro atoms. The number of rotatable bonds is 6. The summed E-state index contributed by atoms with van der Waals surface area (Å²) in [7, 11) is 1.39. The number of hydrogen-bond acceptors (Lipinski definition) is 4. The quantitative estimate of drug-likeness (QED) is 0.819. The largest absolute Gasteiger partial charge is 0.465 e. The zero-order valence-electron chi connectivity index (χ0n) is 12.7. The van der Waals surface area contributed by atoms with Gasteiger partial charge in [0.25, 0.3) is 0 Å². The van der Waals surface area contributed by atoms with Crippen LogP contribution < -0.4 is 5.73 Å². The molecule has 2 rings (SSSR count). The maximum absolute atomic E-state index is 11.3. The van der Waals surface area contributed by atoms with Gasteiger partial charge in [-0.3, -0.25) is 0 Å². The molecule has 0 aliphatic heterocycles. The van der Waals surface area contributed by atoms with Gasteiger partial charge in [0.2, 0.25) is 0 Å². The van der Waals surface area contributed by atoms with E-state index in [1.807, 2.05) is 12.1 Å². The van der Waals surface area contributed by atoms with Crippen LogP contribution in [-0.2, 0) is 16.1 Å². The molecule has 4 heteroatoms. The molecule has 0 bridgehead atoms. The highest BCUT2D eigenvalue weighted by Crippen LogP contribution is 2.29. The van der Waals surface area contributed by atoms with E-state index in [9.17, 15) is 4.79 Å². The molecule has 1 aromatic rings. The van der Waals surface area contributed by atoms with Gasteiger partial charge >= 0.3 is 5.97 Å². The van der Waals surface area contributed by atoms with Crippen LogP contribution in [0.3, 0.4) is 0 Å². The predicted octanol–water partition coefficient (Wildman–Crippen LogP) is 2.75. The second-order valence-electron chi connectivity index (χ2n) is 5.74. The Bertz CT molecular complexity index is 444. The highest BCUT2D eigenvalue weighted by atomic mass is 16.5. The van der Waals surface area contributed by atoms with Crippen molar-refractivity contribution in [2.75, 3.05) is 20.3 Å². The molecule has 2 atom stereocenters. The standard InChI is InChI=1S/C17H25NO3/c1-20-17(19)14-8-6-13(7-9-14)11-21-12-16-5-3-2-4-15(16)10-18/h6-9,15-16H,2-5,10-12,18H2,1H3. The van der Waals surface area contributed by atoms with Gasteiger partial charge in [0, 0.05) is 0 Å². The van der Waals surface area contributed by atoms with Gasteiger partial charge in [-0.15, -0.1) is 0 Å². The van der Waals surface area contributed by atoms with E-state index in [1.165, 1.54) is 32.8 Å². The fourth-order valence-electron chi connectivity index (χ4n) is 3.00. The van der Waals surface area contributed by atoms with Crippen molar-refractivity contribution in [1.29, 1.82) is 0 Å². The van der Waals surface area contributed by atoms with Gasteiger partial charge in [-0.2, -0.15) is 0 Å². The number of methoxy groups -OCH3 is 1. The fourth-order valence-corrected chi connectivity index (χ4v) is 3.00. The topological polar surface area (TPSA) is 61.5 Å². The van der Waals surface area contributed by atoms with Crippen LogP contribution in [0.4, 0.5) is 0 Å². The molecule has 1 fully saturated rings. The van der Waals surface area contributed by atoms with Crippen LogP contribution in [0.25, 0.3) is 0 Å². The minimum atomic E-state index is -0.310. The molecule has 0 amide bonds. The number of esters is 1. The number of ether oxygens (including phenoxy) is 2. The Kier molecular flexibility index (Phi) is 6.21. The first-order valence-corrected chi connectivity index (χ1v) is 7.69. The molecular formula is C17H25NO3. The van der Waals surface area contributed by atoms with Crippen molar-refractivity contribution in [2.45, 2.75) is 32.3 Å². The lowest BCUT2D eigenvalue weighted by molar-refractivity contribution is 0.0511. The zero-order chi connectivity index (χ0) is 15.1. The summed E-state index contributed by atoms with van der Waals surface area (Å²) in [5.74, 6) is 0.897. The lowest BCUT2D eigenvalue weighted by Crippen LogP contribution is -2.29. The van der Waals surface area contributed by atoms with Crippen LogP contribution in [0.1, 0.15) is 41.6 Å². The van der Waals surface area contributed by atoms with Crippen molar-refractivity contribution >= 4 is 5.97 Å². The van der Waals surface area contributed by atoms with E-state index < -0.39 is 0 Å². The summed E-state index contributed by atoms with van der Waals surface area (Å²) in [6, 6.07) is 7.36. The second kappa shape index (κ2) is 8.15. The molecule has 1 aromatic carbocycles.